The molecule has 1 unspecified atom stereocenters. The summed E-state index contributed by atoms with van der Waals surface area (Å²) in [6, 6.07) is 18.1. The molecule has 0 radical (unpaired) electrons. The molecule has 3 heteroatoms. The lowest BCUT2D eigenvalue weighted by Crippen LogP contribution is -2.06. The molecule has 0 fully saturated rings. The summed E-state index contributed by atoms with van der Waals surface area (Å²) < 4.78 is 10.4. The quantitative estimate of drug-likeness (QED) is 0.559. The molecule has 0 bridgehead atoms. The Balaban J connectivity index is 1.58. The van der Waals surface area contributed by atoms with Crippen LogP contribution in [0.3, 0.4) is 0 Å². The third-order valence-corrected chi connectivity index (χ3v) is 4.41. The lowest BCUT2D eigenvalue weighted by Gasteiger charge is -2.11. The Bertz CT molecular complexity index is 619. The molecule has 0 heterocycles. The van der Waals surface area contributed by atoms with Gasteiger partial charge in [0.15, 0.2) is 0 Å². The van der Waals surface area contributed by atoms with Gasteiger partial charge in [-0.2, -0.15) is 0 Å². The molecule has 3 nitrogen and oxygen atoms in total. The van der Waals surface area contributed by atoms with Crippen LogP contribution in [0, 0.1) is 5.92 Å². The summed E-state index contributed by atoms with van der Waals surface area (Å²) >= 11 is 0. The molecular formula is C22H28O3. The molecule has 134 valence electrons. The lowest BCUT2D eigenvalue weighted by molar-refractivity contribution is -0.145. The van der Waals surface area contributed by atoms with E-state index < -0.39 is 0 Å². The fraction of sp³-hybridized carbons (Fsp3) is 0.409. The second kappa shape index (κ2) is 10.5. The minimum Gasteiger partial charge on any atom is -0.497 e. The number of benzene rings is 2. The fourth-order valence-electron chi connectivity index (χ4n) is 2.75. The molecule has 0 spiro atoms. The Morgan fingerprint density at radius 3 is 2.36 bits per heavy atom. The monoisotopic (exact) mass is 340 g/mol. The van der Waals surface area contributed by atoms with Crippen molar-refractivity contribution >= 4 is 5.97 Å². The molecule has 0 saturated carbocycles. The molecule has 25 heavy (non-hydrogen) atoms. The van der Waals surface area contributed by atoms with Gasteiger partial charge in [0.1, 0.15) is 12.4 Å². The first-order valence-corrected chi connectivity index (χ1v) is 9.00. The van der Waals surface area contributed by atoms with Crippen LogP contribution < -0.4 is 4.74 Å². The van der Waals surface area contributed by atoms with Crippen LogP contribution in [0.5, 0.6) is 5.75 Å². The number of carbonyl (C=O) groups is 1. The van der Waals surface area contributed by atoms with Crippen LogP contribution in [0.1, 0.15) is 43.7 Å². The first-order chi connectivity index (χ1) is 12.2. The summed E-state index contributed by atoms with van der Waals surface area (Å²) in [6.45, 7) is 2.58. The van der Waals surface area contributed by atoms with Crippen molar-refractivity contribution in [1.29, 1.82) is 0 Å². The zero-order valence-corrected chi connectivity index (χ0v) is 15.2. The first kappa shape index (κ1) is 19.0. The molecule has 0 aliphatic rings. The summed E-state index contributed by atoms with van der Waals surface area (Å²) in [5.74, 6) is 1.31. The van der Waals surface area contributed by atoms with Crippen molar-refractivity contribution in [3.63, 3.8) is 0 Å². The van der Waals surface area contributed by atoms with Gasteiger partial charge in [-0.25, -0.2) is 0 Å². The molecular weight excluding hydrogens is 312 g/mol. The van der Waals surface area contributed by atoms with Gasteiger partial charge >= 0.3 is 5.97 Å². The standard InChI is InChI=1S/C22H28O3/c1-18(11-12-19-8-4-3-5-9-19)7-6-10-22(23)25-17-20-13-15-21(24-2)16-14-20/h3-5,8-9,13-16,18H,6-7,10-12,17H2,1-2H3. The maximum absolute atomic E-state index is 11.9. The number of esters is 1. The summed E-state index contributed by atoms with van der Waals surface area (Å²) in [5, 5.41) is 0. The van der Waals surface area contributed by atoms with E-state index in [4.69, 9.17) is 9.47 Å². The van der Waals surface area contributed by atoms with E-state index in [1.807, 2.05) is 30.3 Å². The number of carbonyl (C=O) groups excluding carboxylic acids is 1. The van der Waals surface area contributed by atoms with Crippen molar-refractivity contribution < 1.29 is 14.3 Å². The van der Waals surface area contributed by atoms with Gasteiger partial charge in [-0.05, 0) is 48.4 Å². The van der Waals surface area contributed by atoms with Gasteiger partial charge in [0.05, 0.1) is 7.11 Å². The van der Waals surface area contributed by atoms with Crippen molar-refractivity contribution in [2.75, 3.05) is 7.11 Å². The Labute approximate surface area is 151 Å². The average Bonchev–Trinajstić information content (AvgIpc) is 2.66. The highest BCUT2D eigenvalue weighted by Gasteiger charge is 2.07. The molecule has 0 amide bonds. The van der Waals surface area contributed by atoms with Gasteiger partial charge in [-0.15, -0.1) is 0 Å². The lowest BCUT2D eigenvalue weighted by atomic mass is 9.96. The number of aryl methyl sites for hydroxylation is 1. The topological polar surface area (TPSA) is 35.5 Å². The number of methoxy groups -OCH3 is 1. The average molecular weight is 340 g/mol. The Hall–Kier alpha value is -2.29. The number of hydrogen-bond acceptors (Lipinski definition) is 3. The largest absolute Gasteiger partial charge is 0.497 e. The third kappa shape index (κ3) is 7.42. The van der Waals surface area contributed by atoms with Crippen molar-refractivity contribution in [3.8, 4) is 5.75 Å². The van der Waals surface area contributed by atoms with Crippen LogP contribution in [0.4, 0.5) is 0 Å². The van der Waals surface area contributed by atoms with E-state index in [1.165, 1.54) is 5.56 Å². The molecule has 2 aromatic carbocycles. The van der Waals surface area contributed by atoms with Gasteiger partial charge in [-0.3, -0.25) is 4.79 Å². The van der Waals surface area contributed by atoms with Crippen LogP contribution in [0.2, 0.25) is 0 Å². The number of rotatable bonds is 10. The smallest absolute Gasteiger partial charge is 0.306 e. The molecule has 0 aliphatic carbocycles. The van der Waals surface area contributed by atoms with E-state index in [2.05, 4.69) is 31.2 Å². The maximum atomic E-state index is 11.9. The molecule has 2 aromatic rings. The Morgan fingerprint density at radius 1 is 0.960 bits per heavy atom. The zero-order valence-electron chi connectivity index (χ0n) is 15.2. The van der Waals surface area contributed by atoms with E-state index in [-0.39, 0.29) is 5.97 Å². The molecule has 2 rings (SSSR count). The molecule has 0 aliphatic heterocycles. The number of hydrogen-bond donors (Lipinski definition) is 0. The van der Waals surface area contributed by atoms with Crippen LogP contribution >= 0.6 is 0 Å². The molecule has 0 saturated heterocycles. The SMILES string of the molecule is COc1ccc(COC(=O)CCCC(C)CCc2ccccc2)cc1. The fourth-order valence-corrected chi connectivity index (χ4v) is 2.75. The van der Waals surface area contributed by atoms with Crippen molar-refractivity contribution in [2.24, 2.45) is 5.92 Å². The van der Waals surface area contributed by atoms with Crippen molar-refractivity contribution in [3.05, 3.63) is 65.7 Å². The summed E-state index contributed by atoms with van der Waals surface area (Å²) in [4.78, 5) is 11.9. The normalized spacial score (nSPS) is 11.8. The van der Waals surface area contributed by atoms with E-state index in [1.54, 1.807) is 7.11 Å². The predicted molar refractivity (Wildman–Crippen MR) is 101 cm³/mol. The molecule has 0 aromatic heterocycles. The van der Waals surface area contributed by atoms with Gasteiger partial charge < -0.3 is 9.47 Å². The molecule has 1 atom stereocenters. The molecule has 0 N–H and O–H groups in total. The summed E-state index contributed by atoms with van der Waals surface area (Å²) in [7, 11) is 1.63. The second-order valence-corrected chi connectivity index (χ2v) is 6.53. The first-order valence-electron chi connectivity index (χ1n) is 9.00. The summed E-state index contributed by atoms with van der Waals surface area (Å²) in [5.41, 5.74) is 2.36. The van der Waals surface area contributed by atoms with Crippen molar-refractivity contribution in [1.82, 2.24) is 0 Å². The van der Waals surface area contributed by atoms with Gasteiger partial charge in [0.2, 0.25) is 0 Å². The highest BCUT2D eigenvalue weighted by Crippen LogP contribution is 2.16. The van der Waals surface area contributed by atoms with Crippen LogP contribution in [0.25, 0.3) is 0 Å². The number of ether oxygens (including phenoxy) is 2. The Morgan fingerprint density at radius 2 is 1.68 bits per heavy atom. The van der Waals surface area contributed by atoms with Gasteiger partial charge in [0.25, 0.3) is 0 Å². The maximum Gasteiger partial charge on any atom is 0.306 e. The second-order valence-electron chi connectivity index (χ2n) is 6.53. The van der Waals surface area contributed by atoms with Gasteiger partial charge in [0, 0.05) is 6.42 Å². The van der Waals surface area contributed by atoms with Crippen LogP contribution in [-0.2, 0) is 22.6 Å². The van der Waals surface area contributed by atoms with E-state index in [0.717, 1.165) is 37.0 Å². The minimum absolute atomic E-state index is 0.119. The van der Waals surface area contributed by atoms with E-state index >= 15 is 0 Å². The van der Waals surface area contributed by atoms with E-state index in [9.17, 15) is 4.79 Å². The van der Waals surface area contributed by atoms with Gasteiger partial charge in [-0.1, -0.05) is 55.8 Å². The Kier molecular flexibility index (Phi) is 8.03. The highest BCUT2D eigenvalue weighted by atomic mass is 16.5. The minimum atomic E-state index is -0.119. The third-order valence-electron chi connectivity index (χ3n) is 4.41. The van der Waals surface area contributed by atoms with E-state index in [0.29, 0.717) is 18.9 Å². The van der Waals surface area contributed by atoms with Crippen LogP contribution in [-0.4, -0.2) is 13.1 Å². The highest BCUT2D eigenvalue weighted by molar-refractivity contribution is 5.69. The predicted octanol–water partition coefficient (Wildman–Crippen LogP) is 5.18. The van der Waals surface area contributed by atoms with Crippen LogP contribution in [0.15, 0.2) is 54.6 Å². The zero-order chi connectivity index (χ0) is 17.9. The summed E-state index contributed by atoms with van der Waals surface area (Å²) in [6.07, 6.45) is 4.70. The van der Waals surface area contributed by atoms with Crippen molar-refractivity contribution in [2.45, 2.75) is 45.6 Å².